The van der Waals surface area contributed by atoms with Crippen molar-refractivity contribution in [3.05, 3.63) is 69.6 Å². The average Bonchev–Trinajstić information content (AvgIpc) is 2.84. The predicted octanol–water partition coefficient (Wildman–Crippen LogP) is 3.88. The fourth-order valence-electron chi connectivity index (χ4n) is 3.23. The Morgan fingerprint density at radius 1 is 1.17 bits per heavy atom. The summed E-state index contributed by atoms with van der Waals surface area (Å²) in [6.07, 6.45) is 0.824. The number of aromatic nitrogens is 1. The summed E-state index contributed by atoms with van der Waals surface area (Å²) >= 11 is 3.51. The lowest BCUT2D eigenvalue weighted by Gasteiger charge is -2.16. The molecule has 4 rings (SSSR count). The van der Waals surface area contributed by atoms with Crippen molar-refractivity contribution in [2.24, 2.45) is 0 Å². The molecule has 0 saturated carbocycles. The van der Waals surface area contributed by atoms with Gasteiger partial charge in [-0.05, 0) is 47.9 Å². The van der Waals surface area contributed by atoms with Crippen LogP contribution in [0.25, 0.3) is 10.9 Å². The summed E-state index contributed by atoms with van der Waals surface area (Å²) < 4.78 is 16.1. The first-order valence-corrected chi connectivity index (χ1v) is 8.26. The van der Waals surface area contributed by atoms with E-state index < -0.39 is 0 Å². The predicted molar refractivity (Wildman–Crippen MR) is 91.2 cm³/mol. The molecule has 1 aliphatic rings. The number of carbonyl (C=O) groups excluding carboxylic acids is 1. The Labute approximate surface area is 141 Å². The van der Waals surface area contributed by atoms with Gasteiger partial charge >= 0.3 is 0 Å². The fourth-order valence-corrected chi connectivity index (χ4v) is 3.59. The van der Waals surface area contributed by atoms with Crippen molar-refractivity contribution in [2.45, 2.75) is 13.0 Å². The molecule has 1 aromatic heterocycles. The van der Waals surface area contributed by atoms with E-state index in [2.05, 4.69) is 27.3 Å². The third-order valence-corrected chi connectivity index (χ3v) is 4.75. The maximum absolute atomic E-state index is 13.1. The van der Waals surface area contributed by atoms with Crippen molar-refractivity contribution >= 4 is 32.7 Å². The zero-order valence-electron chi connectivity index (χ0n) is 12.3. The Morgan fingerprint density at radius 2 is 1.96 bits per heavy atom. The van der Waals surface area contributed by atoms with Gasteiger partial charge in [0, 0.05) is 28.5 Å². The van der Waals surface area contributed by atoms with Gasteiger partial charge in [0.15, 0.2) is 0 Å². The first-order valence-electron chi connectivity index (χ1n) is 7.47. The Bertz CT molecular complexity index is 915. The van der Waals surface area contributed by atoms with Crippen LogP contribution in [-0.2, 0) is 13.0 Å². The smallest absolute Gasteiger partial charge is 0.268 e. The van der Waals surface area contributed by atoms with Gasteiger partial charge in [0.1, 0.15) is 11.5 Å². The van der Waals surface area contributed by atoms with E-state index in [1.54, 1.807) is 12.1 Å². The third kappa shape index (κ3) is 2.45. The molecule has 0 aliphatic carbocycles. The SMILES string of the molecule is O=C1NCCc2c1n(Cc1ccc(F)cc1)c1ccc(Br)cc21. The van der Waals surface area contributed by atoms with E-state index in [9.17, 15) is 9.18 Å². The van der Waals surface area contributed by atoms with Crippen molar-refractivity contribution in [1.82, 2.24) is 9.88 Å². The van der Waals surface area contributed by atoms with Crippen LogP contribution in [0.5, 0.6) is 0 Å². The van der Waals surface area contributed by atoms with Gasteiger partial charge in [0.05, 0.1) is 0 Å². The molecule has 3 nitrogen and oxygen atoms in total. The quantitative estimate of drug-likeness (QED) is 0.727. The summed E-state index contributed by atoms with van der Waals surface area (Å²) in [5, 5.41) is 4.02. The Hall–Kier alpha value is -2.14. The number of rotatable bonds is 2. The number of nitrogens with one attached hydrogen (secondary N) is 1. The average molecular weight is 373 g/mol. The zero-order valence-corrected chi connectivity index (χ0v) is 13.9. The molecule has 1 aliphatic heterocycles. The molecule has 23 heavy (non-hydrogen) atoms. The fraction of sp³-hybridized carbons (Fsp3) is 0.167. The maximum atomic E-state index is 13.1. The lowest BCUT2D eigenvalue weighted by atomic mass is 10.0. The van der Waals surface area contributed by atoms with Crippen LogP contribution in [-0.4, -0.2) is 17.0 Å². The number of halogens is 2. The molecule has 116 valence electrons. The molecule has 0 bridgehead atoms. The summed E-state index contributed by atoms with van der Waals surface area (Å²) in [5.41, 5.74) is 3.80. The van der Waals surface area contributed by atoms with Crippen molar-refractivity contribution in [3.8, 4) is 0 Å². The Morgan fingerprint density at radius 3 is 2.74 bits per heavy atom. The Balaban J connectivity index is 1.92. The molecule has 2 aromatic carbocycles. The van der Waals surface area contributed by atoms with Crippen LogP contribution in [0.4, 0.5) is 4.39 Å². The van der Waals surface area contributed by atoms with Crippen molar-refractivity contribution in [3.63, 3.8) is 0 Å². The molecule has 0 fully saturated rings. The van der Waals surface area contributed by atoms with Crippen LogP contribution in [0.3, 0.4) is 0 Å². The monoisotopic (exact) mass is 372 g/mol. The van der Waals surface area contributed by atoms with Crippen molar-refractivity contribution in [2.75, 3.05) is 6.54 Å². The van der Waals surface area contributed by atoms with E-state index in [-0.39, 0.29) is 11.7 Å². The minimum absolute atomic E-state index is 0.0410. The lowest BCUT2D eigenvalue weighted by molar-refractivity contribution is 0.0937. The van der Waals surface area contributed by atoms with E-state index in [1.165, 1.54) is 12.1 Å². The second-order valence-corrected chi connectivity index (χ2v) is 6.62. The first kappa shape index (κ1) is 14.5. The molecule has 2 heterocycles. The molecule has 0 spiro atoms. The molecule has 0 atom stereocenters. The molecule has 0 saturated heterocycles. The number of carbonyl (C=O) groups is 1. The van der Waals surface area contributed by atoms with Crippen molar-refractivity contribution < 1.29 is 9.18 Å². The second kappa shape index (κ2) is 5.49. The third-order valence-electron chi connectivity index (χ3n) is 4.26. The molecule has 1 N–H and O–H groups in total. The van der Waals surface area contributed by atoms with Crippen molar-refractivity contribution in [1.29, 1.82) is 0 Å². The summed E-state index contributed by atoms with van der Waals surface area (Å²) in [5.74, 6) is -0.296. The zero-order chi connectivity index (χ0) is 16.0. The van der Waals surface area contributed by atoms with Crippen LogP contribution >= 0.6 is 15.9 Å². The number of fused-ring (bicyclic) bond motifs is 3. The van der Waals surface area contributed by atoms with Crippen LogP contribution in [0.2, 0.25) is 0 Å². The number of benzene rings is 2. The highest BCUT2D eigenvalue weighted by molar-refractivity contribution is 9.10. The van der Waals surface area contributed by atoms with Crippen LogP contribution in [0.15, 0.2) is 46.9 Å². The van der Waals surface area contributed by atoms with Gasteiger partial charge in [-0.25, -0.2) is 4.39 Å². The number of amides is 1. The van der Waals surface area contributed by atoms with Crippen LogP contribution < -0.4 is 5.32 Å². The minimum atomic E-state index is -0.255. The first-order chi connectivity index (χ1) is 11.1. The van der Waals surface area contributed by atoms with Crippen LogP contribution in [0, 0.1) is 5.82 Å². The summed E-state index contributed by atoms with van der Waals surface area (Å²) in [6, 6.07) is 12.5. The van der Waals surface area contributed by atoms with E-state index in [0.717, 1.165) is 32.9 Å². The van der Waals surface area contributed by atoms with Gasteiger partial charge in [0.25, 0.3) is 5.91 Å². The van der Waals surface area contributed by atoms with Gasteiger partial charge in [-0.2, -0.15) is 0 Å². The number of nitrogens with zero attached hydrogens (tertiary/aromatic N) is 1. The summed E-state index contributed by atoms with van der Waals surface area (Å²) in [4.78, 5) is 12.4. The minimum Gasteiger partial charge on any atom is -0.350 e. The van der Waals surface area contributed by atoms with Crippen LogP contribution in [0.1, 0.15) is 21.6 Å². The second-order valence-electron chi connectivity index (χ2n) is 5.71. The summed E-state index contributed by atoms with van der Waals surface area (Å²) in [7, 11) is 0. The van der Waals surface area contributed by atoms with Gasteiger partial charge in [-0.3, -0.25) is 4.79 Å². The van der Waals surface area contributed by atoms with E-state index in [4.69, 9.17) is 0 Å². The van der Waals surface area contributed by atoms with Gasteiger partial charge in [-0.1, -0.05) is 28.1 Å². The standard InChI is InChI=1S/C18H14BrFN2O/c19-12-3-6-16-15(9-12)14-7-8-21-18(23)17(14)22(16)10-11-1-4-13(20)5-2-11/h1-6,9H,7-8,10H2,(H,21,23). The Kier molecular flexibility index (Phi) is 3.45. The van der Waals surface area contributed by atoms with Gasteiger partial charge in [-0.15, -0.1) is 0 Å². The van der Waals surface area contributed by atoms with E-state index in [1.807, 2.05) is 16.7 Å². The molecule has 0 unspecified atom stereocenters. The summed E-state index contributed by atoms with van der Waals surface area (Å²) in [6.45, 7) is 1.20. The molecule has 5 heteroatoms. The molecular weight excluding hydrogens is 359 g/mol. The highest BCUT2D eigenvalue weighted by atomic mass is 79.9. The maximum Gasteiger partial charge on any atom is 0.268 e. The van der Waals surface area contributed by atoms with Gasteiger partial charge < -0.3 is 9.88 Å². The largest absolute Gasteiger partial charge is 0.350 e. The molecule has 3 aromatic rings. The van der Waals surface area contributed by atoms with E-state index >= 15 is 0 Å². The normalized spacial score (nSPS) is 13.9. The topological polar surface area (TPSA) is 34.0 Å². The van der Waals surface area contributed by atoms with Gasteiger partial charge in [0.2, 0.25) is 0 Å². The lowest BCUT2D eigenvalue weighted by Crippen LogP contribution is -2.33. The molecule has 1 amide bonds. The number of hydrogen-bond acceptors (Lipinski definition) is 1. The highest BCUT2D eigenvalue weighted by Crippen LogP contribution is 2.31. The van der Waals surface area contributed by atoms with E-state index in [0.29, 0.717) is 18.8 Å². The molecular formula is C18H14BrFN2O. The molecule has 0 radical (unpaired) electrons. The highest BCUT2D eigenvalue weighted by Gasteiger charge is 2.25. The number of hydrogen-bond donors (Lipinski definition) is 1.